The topological polar surface area (TPSA) is 148 Å². The number of aromatic nitrogens is 2. The molecule has 182 valence electrons. The molecule has 35 heavy (non-hydrogen) atoms. The number of nitrogens with zero attached hydrogens (tertiary/aromatic N) is 5. The number of fused-ring (bicyclic) bond motifs is 1. The molecule has 1 atom stereocenters. The summed E-state index contributed by atoms with van der Waals surface area (Å²) in [6.07, 6.45) is 1.39. The fourth-order valence-corrected chi connectivity index (χ4v) is 4.63. The third-order valence-corrected chi connectivity index (χ3v) is 6.34. The molecule has 4 rings (SSSR count). The van der Waals surface area contributed by atoms with Gasteiger partial charge in [0.1, 0.15) is 18.2 Å². The summed E-state index contributed by atoms with van der Waals surface area (Å²) in [5, 5.41) is 14.6. The number of nitro benzene ring substituents is 1. The van der Waals surface area contributed by atoms with Crippen molar-refractivity contribution >= 4 is 74.7 Å². The molecule has 0 aliphatic carbocycles. The largest absolute Gasteiger partial charge is 0.368 e. The van der Waals surface area contributed by atoms with E-state index in [1.165, 1.54) is 6.33 Å². The van der Waals surface area contributed by atoms with Gasteiger partial charge in [0.25, 0.3) is 5.69 Å². The molecule has 3 aromatic rings. The summed E-state index contributed by atoms with van der Waals surface area (Å²) in [6.45, 7) is 0.887. The van der Waals surface area contributed by atoms with Crippen LogP contribution in [0.5, 0.6) is 0 Å². The van der Waals surface area contributed by atoms with Crippen molar-refractivity contribution in [2.24, 2.45) is 5.73 Å². The number of hydrogen-bond donors (Lipinski definition) is 2. The zero-order valence-corrected chi connectivity index (χ0v) is 20.2. The van der Waals surface area contributed by atoms with Crippen molar-refractivity contribution in [2.75, 3.05) is 36.4 Å². The predicted octanol–water partition coefficient (Wildman–Crippen LogP) is 3.11. The number of primary amides is 1. The van der Waals surface area contributed by atoms with Gasteiger partial charge in [-0.2, -0.15) is 0 Å². The molecule has 0 spiro atoms. The molecule has 1 aromatic heterocycles. The Morgan fingerprint density at radius 3 is 2.51 bits per heavy atom. The van der Waals surface area contributed by atoms with Gasteiger partial charge in [-0.05, 0) is 18.2 Å². The van der Waals surface area contributed by atoms with E-state index in [0.29, 0.717) is 29.4 Å². The molecule has 3 N–H and O–H groups in total. The number of hydrogen-bond acceptors (Lipinski definition) is 8. The van der Waals surface area contributed by atoms with Crippen molar-refractivity contribution in [3.05, 3.63) is 61.8 Å². The molecule has 2 heterocycles. The van der Waals surface area contributed by atoms with Crippen molar-refractivity contribution in [2.45, 2.75) is 6.04 Å². The van der Waals surface area contributed by atoms with Gasteiger partial charge >= 0.3 is 0 Å². The summed E-state index contributed by atoms with van der Waals surface area (Å²) >= 11 is 18.2. The number of nitrogens with one attached hydrogen (secondary N) is 1. The average Bonchev–Trinajstić information content (AvgIpc) is 2.80. The summed E-state index contributed by atoms with van der Waals surface area (Å²) in [4.78, 5) is 47.4. The lowest BCUT2D eigenvalue weighted by Gasteiger charge is -2.40. The second-order valence-corrected chi connectivity index (χ2v) is 9.05. The maximum absolute atomic E-state index is 12.7. The van der Waals surface area contributed by atoms with E-state index in [-0.39, 0.29) is 34.5 Å². The number of benzene rings is 2. The highest BCUT2D eigenvalue weighted by Gasteiger charge is 2.33. The first-order chi connectivity index (χ1) is 16.6. The molecule has 1 unspecified atom stereocenters. The van der Waals surface area contributed by atoms with Crippen LogP contribution in [0.2, 0.25) is 15.1 Å². The van der Waals surface area contributed by atoms with Gasteiger partial charge < -0.3 is 16.0 Å². The minimum absolute atomic E-state index is 0.0619. The van der Waals surface area contributed by atoms with E-state index in [1.807, 2.05) is 0 Å². The van der Waals surface area contributed by atoms with Crippen molar-refractivity contribution in [1.82, 2.24) is 14.9 Å². The van der Waals surface area contributed by atoms with Gasteiger partial charge in [-0.1, -0.05) is 34.8 Å². The van der Waals surface area contributed by atoms with E-state index < -0.39 is 22.8 Å². The fourth-order valence-electron chi connectivity index (χ4n) is 3.89. The third kappa shape index (κ3) is 5.38. The number of rotatable bonds is 6. The Morgan fingerprint density at radius 1 is 1.14 bits per heavy atom. The lowest BCUT2D eigenvalue weighted by molar-refractivity contribution is -0.384. The molecular formula is C21H18Cl3N7O4. The summed E-state index contributed by atoms with van der Waals surface area (Å²) in [5.74, 6) is -0.484. The highest BCUT2D eigenvalue weighted by atomic mass is 35.5. The first-order valence-corrected chi connectivity index (χ1v) is 11.4. The summed E-state index contributed by atoms with van der Waals surface area (Å²) in [6, 6.07) is 6.65. The Morgan fingerprint density at radius 2 is 1.86 bits per heavy atom. The van der Waals surface area contributed by atoms with Gasteiger partial charge in [0.05, 0.1) is 32.7 Å². The van der Waals surface area contributed by atoms with Crippen molar-refractivity contribution in [1.29, 1.82) is 0 Å². The number of halogens is 3. The Kier molecular flexibility index (Phi) is 7.22. The maximum atomic E-state index is 12.7. The van der Waals surface area contributed by atoms with Crippen LogP contribution >= 0.6 is 34.8 Å². The Balaban J connectivity index is 1.49. The number of amides is 2. The van der Waals surface area contributed by atoms with Gasteiger partial charge in [-0.15, -0.1) is 0 Å². The molecule has 2 aromatic carbocycles. The molecule has 1 fully saturated rings. The van der Waals surface area contributed by atoms with Gasteiger partial charge in [0.2, 0.25) is 11.8 Å². The maximum Gasteiger partial charge on any atom is 0.272 e. The Hall–Kier alpha value is -3.25. The summed E-state index contributed by atoms with van der Waals surface area (Å²) < 4.78 is 0. The highest BCUT2D eigenvalue weighted by Crippen LogP contribution is 2.35. The zero-order valence-electron chi connectivity index (χ0n) is 18.0. The van der Waals surface area contributed by atoms with Crippen molar-refractivity contribution < 1.29 is 14.5 Å². The van der Waals surface area contributed by atoms with Gasteiger partial charge in [-0.25, -0.2) is 9.97 Å². The van der Waals surface area contributed by atoms with E-state index >= 15 is 0 Å². The van der Waals surface area contributed by atoms with Crippen LogP contribution in [0.3, 0.4) is 0 Å². The fraction of sp³-hybridized carbons (Fsp3) is 0.238. The number of non-ortho nitro benzene ring substituents is 1. The first-order valence-electron chi connectivity index (χ1n) is 10.3. The van der Waals surface area contributed by atoms with Gasteiger partial charge in [-0.3, -0.25) is 24.6 Å². The average molecular weight is 539 g/mol. The van der Waals surface area contributed by atoms with Crippen LogP contribution in [0.25, 0.3) is 10.9 Å². The van der Waals surface area contributed by atoms with E-state index in [4.69, 9.17) is 40.5 Å². The minimum Gasteiger partial charge on any atom is -0.368 e. The monoisotopic (exact) mass is 537 g/mol. The van der Waals surface area contributed by atoms with Gasteiger partial charge in [0, 0.05) is 42.2 Å². The normalized spacial score (nSPS) is 16.3. The highest BCUT2D eigenvalue weighted by molar-refractivity contribution is 6.40. The van der Waals surface area contributed by atoms with Crippen LogP contribution in [0.1, 0.15) is 0 Å². The second-order valence-electron chi connectivity index (χ2n) is 7.80. The standard InChI is InChI=1S/C21H18Cl3N7O4/c22-11-1-2-13-16(5-11)26-10-27-21(13)30-4-3-29(8-17(30)20(25)33)9-18(32)28-19-14(23)6-12(31(34)35)7-15(19)24/h1-2,5-7,10,17H,3-4,8-9H2,(H2,25,33)(H,28,32). The molecular weight excluding hydrogens is 521 g/mol. The Labute approximate surface area is 213 Å². The van der Waals surface area contributed by atoms with Crippen LogP contribution in [0.15, 0.2) is 36.7 Å². The van der Waals surface area contributed by atoms with Crippen LogP contribution in [0.4, 0.5) is 17.2 Å². The van der Waals surface area contributed by atoms with Crippen LogP contribution in [-0.2, 0) is 9.59 Å². The number of nitro groups is 1. The van der Waals surface area contributed by atoms with E-state index in [9.17, 15) is 19.7 Å². The molecule has 1 aliphatic heterocycles. The molecule has 1 aliphatic rings. The number of piperazine rings is 1. The van der Waals surface area contributed by atoms with Crippen molar-refractivity contribution in [3.63, 3.8) is 0 Å². The number of nitrogens with two attached hydrogens (primary N) is 1. The van der Waals surface area contributed by atoms with E-state index in [1.54, 1.807) is 28.0 Å². The van der Waals surface area contributed by atoms with Crippen LogP contribution in [0, 0.1) is 10.1 Å². The minimum atomic E-state index is -0.753. The van der Waals surface area contributed by atoms with Gasteiger partial charge in [0.15, 0.2) is 0 Å². The lowest BCUT2D eigenvalue weighted by Crippen LogP contribution is -2.59. The number of anilines is 2. The smallest absolute Gasteiger partial charge is 0.272 e. The summed E-state index contributed by atoms with van der Waals surface area (Å²) in [5.41, 5.74) is 6.10. The molecule has 2 amide bonds. The molecule has 1 saturated heterocycles. The van der Waals surface area contributed by atoms with Crippen LogP contribution < -0.4 is 16.0 Å². The molecule has 0 bridgehead atoms. The Bertz CT molecular complexity index is 1320. The zero-order chi connectivity index (χ0) is 25.3. The number of carbonyl (C=O) groups excluding carboxylic acids is 2. The molecule has 0 saturated carbocycles. The van der Waals surface area contributed by atoms with E-state index in [2.05, 4.69) is 15.3 Å². The predicted molar refractivity (Wildman–Crippen MR) is 133 cm³/mol. The van der Waals surface area contributed by atoms with Crippen molar-refractivity contribution in [3.8, 4) is 0 Å². The first kappa shape index (κ1) is 24.9. The van der Waals surface area contributed by atoms with Crippen LogP contribution in [-0.4, -0.2) is 63.8 Å². The molecule has 11 nitrogen and oxygen atoms in total. The third-order valence-electron chi connectivity index (χ3n) is 5.51. The number of carbonyl (C=O) groups is 2. The van der Waals surface area contributed by atoms with E-state index in [0.717, 1.165) is 17.5 Å². The second kappa shape index (κ2) is 10.2. The molecule has 0 radical (unpaired) electrons. The summed E-state index contributed by atoms with van der Waals surface area (Å²) in [7, 11) is 0. The quantitative estimate of drug-likeness (QED) is 0.359. The lowest BCUT2D eigenvalue weighted by atomic mass is 10.1. The molecule has 14 heteroatoms. The SMILES string of the molecule is NC(=O)C1CN(CC(=O)Nc2c(Cl)cc([N+](=O)[O-])cc2Cl)CCN1c1ncnc2cc(Cl)ccc12.